The van der Waals surface area contributed by atoms with Gasteiger partial charge in [-0.05, 0) is 101 Å². The van der Waals surface area contributed by atoms with Gasteiger partial charge in [-0.15, -0.1) is 34.8 Å². The molecule has 9 aromatic carbocycles. The molecule has 0 aliphatic carbocycles. The lowest BCUT2D eigenvalue weighted by Gasteiger charge is -2.32. The maximum Gasteiger partial charge on any atom is 0.376 e. The Morgan fingerprint density at radius 1 is 0.516 bits per heavy atom. The minimum atomic E-state index is -1.28. The molecular weight excluding hydrogens is 1680 g/mol. The highest BCUT2D eigenvalue weighted by atomic mass is 35.5. The van der Waals surface area contributed by atoms with Crippen LogP contribution in [0.3, 0.4) is 0 Å². The summed E-state index contributed by atoms with van der Waals surface area (Å²) in [4.78, 5) is 163. The molecule has 1 amide bonds. The Kier molecular flexibility index (Phi) is 32.0. The fourth-order valence-corrected chi connectivity index (χ4v) is 12.0. The van der Waals surface area contributed by atoms with Crippen LogP contribution < -0.4 is 33.4 Å². The van der Waals surface area contributed by atoms with Crippen molar-refractivity contribution in [3.05, 3.63) is 337 Å². The molecule has 45 heteroatoms. The number of nitrogens with one attached hydrogen (secondary N) is 1. The molecule has 5 heterocycles. The summed E-state index contributed by atoms with van der Waals surface area (Å²) in [5, 5.41) is 86.0. The molecule has 0 saturated carbocycles. The largest absolute Gasteiger partial charge is 0.478 e. The summed E-state index contributed by atoms with van der Waals surface area (Å²) < 4.78 is 12.4. The molecule has 14 rings (SSSR count). The van der Waals surface area contributed by atoms with Gasteiger partial charge in [0.25, 0.3) is 51.2 Å². The molecule has 0 atom stereocenters. The number of aromatic nitrogens is 6. The number of aromatic carboxylic acids is 1. The van der Waals surface area contributed by atoms with Crippen LogP contribution in [0, 0.1) is 60.7 Å². The molecule has 5 N–H and O–H groups in total. The van der Waals surface area contributed by atoms with Gasteiger partial charge in [-0.2, -0.15) is 0 Å². The highest BCUT2D eigenvalue weighted by Gasteiger charge is 2.25. The minimum Gasteiger partial charge on any atom is -0.478 e. The molecule has 124 heavy (non-hydrogen) atoms. The lowest BCUT2D eigenvalue weighted by Crippen LogP contribution is -2.46. The van der Waals surface area contributed by atoms with Crippen molar-refractivity contribution in [2.75, 3.05) is 72.0 Å². The first-order valence-corrected chi connectivity index (χ1v) is 38.0. The predicted molar refractivity (Wildman–Crippen MR) is 463 cm³/mol. The van der Waals surface area contributed by atoms with E-state index in [0.717, 1.165) is 43.2 Å². The number of alkyl halides is 3. The number of hydrogen-bond donors (Lipinski definition) is 4. The number of nitro benzene ring substituents is 6. The molecule has 0 unspecified atom stereocenters. The Labute approximate surface area is 713 Å². The fourth-order valence-electron chi connectivity index (χ4n) is 11.6. The number of carbonyl (C=O) groups excluding carboxylic acids is 1. The first-order chi connectivity index (χ1) is 59.1. The van der Waals surface area contributed by atoms with Crippen LogP contribution in [0.15, 0.2) is 233 Å². The Bertz CT molecular complexity index is 6390. The van der Waals surface area contributed by atoms with E-state index in [9.17, 15) is 94.5 Å². The van der Waals surface area contributed by atoms with Crippen molar-refractivity contribution >= 4 is 154 Å². The number of benzene rings is 9. The molecule has 0 bridgehead atoms. The number of carboxylic acids is 1. The lowest BCUT2D eigenvalue weighted by atomic mass is 9.86. The molecule has 1 aliphatic rings. The Balaban J connectivity index is 0.000000172. The van der Waals surface area contributed by atoms with E-state index >= 15 is 0 Å². The zero-order chi connectivity index (χ0) is 90.3. The number of nitro groups is 6. The van der Waals surface area contributed by atoms with Gasteiger partial charge < -0.3 is 39.7 Å². The second kappa shape index (κ2) is 42.7. The molecule has 13 aromatic rings. The first-order valence-electron chi connectivity index (χ1n) is 36.4. The number of hydrogen-bond acceptors (Lipinski definition) is 30. The number of carbonyl (C=O) groups is 2. The fraction of sp³-hybridized carbons (Fsp3) is 0.177. The number of non-ortho nitro benzene ring substituents is 6. The number of fused-ring (bicyclic) bond motifs is 4. The number of nitrogens with zero attached hydrogens (tertiary/aromatic N) is 17. The van der Waals surface area contributed by atoms with Gasteiger partial charge in [0, 0.05) is 117 Å². The molecule has 1 fully saturated rings. The third-order valence-electron chi connectivity index (χ3n) is 18.1. The van der Waals surface area contributed by atoms with E-state index in [-0.39, 0.29) is 113 Å². The summed E-state index contributed by atoms with van der Waals surface area (Å²) in [7, 11) is 7.15. The van der Waals surface area contributed by atoms with Gasteiger partial charge in [-0.3, -0.25) is 94.0 Å². The maximum absolute atomic E-state index is 13.3. The Hall–Kier alpha value is -15.1. The average Bonchev–Trinajstić information content (AvgIpc) is 0.772. The van der Waals surface area contributed by atoms with E-state index in [1.807, 2.05) is 73.1 Å². The quantitative estimate of drug-likeness (QED) is 0.0171. The van der Waals surface area contributed by atoms with Gasteiger partial charge in [0.1, 0.15) is 17.5 Å². The molecule has 0 spiro atoms. The molecular formula is C79H71BCl3N19O22. The van der Waals surface area contributed by atoms with E-state index in [1.165, 1.54) is 94.1 Å². The SMILES string of the molecule is CB(O)N(C)CCN(C)Cc1nc2ccc([N+](=O)[O-])cc2c(=O)n1-c1ccccc1.CN1CCN(C)C(=Nc2ccc([N+](=O)[O-])cc2C(=O)Nc2ccccc2)C1.Nc1ccc([N+](=O)[O-])cc1C(=O)O.O=c1c2cc([N+](=O)[O-])ccc2nc(CCl)n1-c1ccccc1.O=c1oc(CCl)nc2ccc([N+](=O)[O-])cc12.O=c1oc(CCl)nc2ccc([N+](=O)[O-])cc12. The second-order valence-electron chi connectivity index (χ2n) is 26.7. The number of nitrogens with two attached hydrogens (primary N) is 1. The smallest absolute Gasteiger partial charge is 0.376 e. The van der Waals surface area contributed by atoms with Gasteiger partial charge in [0.2, 0.25) is 11.8 Å². The van der Waals surface area contributed by atoms with Crippen molar-refractivity contribution in [3.8, 4) is 11.4 Å². The highest BCUT2D eigenvalue weighted by molar-refractivity contribution is 6.45. The summed E-state index contributed by atoms with van der Waals surface area (Å²) in [6.45, 7) is 5.80. The molecule has 1 aliphatic heterocycles. The Morgan fingerprint density at radius 2 is 0.903 bits per heavy atom. The number of amidine groups is 1. The molecule has 4 aromatic heterocycles. The number of anilines is 2. The van der Waals surface area contributed by atoms with Gasteiger partial charge in [0.15, 0.2) is 0 Å². The van der Waals surface area contributed by atoms with E-state index in [2.05, 4.69) is 35.1 Å². The van der Waals surface area contributed by atoms with E-state index in [0.29, 0.717) is 82.6 Å². The summed E-state index contributed by atoms with van der Waals surface area (Å²) in [5.41, 5.74) is 5.80. The lowest BCUT2D eigenvalue weighted by molar-refractivity contribution is -0.385. The molecule has 1 saturated heterocycles. The summed E-state index contributed by atoms with van der Waals surface area (Å²) >= 11 is 16.9. The molecule has 638 valence electrons. The highest BCUT2D eigenvalue weighted by Crippen LogP contribution is 2.29. The van der Waals surface area contributed by atoms with Crippen LogP contribution in [0.4, 0.5) is 51.2 Å². The number of piperazine rings is 1. The first kappa shape index (κ1) is 92.8. The van der Waals surface area contributed by atoms with Crippen molar-refractivity contribution < 1.29 is 58.1 Å². The number of halogens is 3. The predicted octanol–water partition coefficient (Wildman–Crippen LogP) is 12.1. The van der Waals surface area contributed by atoms with Gasteiger partial charge in [-0.25, -0.2) is 39.3 Å². The monoisotopic (exact) mass is 1750 g/mol. The normalized spacial score (nSPS) is 12.0. The van der Waals surface area contributed by atoms with Crippen molar-refractivity contribution in [3.63, 3.8) is 0 Å². The number of carboxylic acid groups (broad SMARTS) is 1. The minimum absolute atomic E-state index is 0.0121. The number of para-hydroxylation sites is 3. The average molecular weight is 1760 g/mol. The van der Waals surface area contributed by atoms with Crippen LogP contribution in [0.2, 0.25) is 6.82 Å². The van der Waals surface area contributed by atoms with Crippen molar-refractivity contribution in [2.45, 2.75) is 31.0 Å². The van der Waals surface area contributed by atoms with Crippen LogP contribution in [-0.2, 0) is 24.2 Å². The van der Waals surface area contributed by atoms with Crippen molar-refractivity contribution in [1.82, 2.24) is 48.6 Å². The van der Waals surface area contributed by atoms with Crippen LogP contribution in [0.1, 0.15) is 44.1 Å². The van der Waals surface area contributed by atoms with Crippen LogP contribution in [0.5, 0.6) is 0 Å². The van der Waals surface area contributed by atoms with Crippen molar-refractivity contribution in [1.29, 1.82) is 0 Å². The standard InChI is InChI=1S/C20H24BN5O4.C19H21N5O3.C15H10ClN3O3.2C9H5ClN2O4.C7H6N2O4/c1-21(28)24(3)12-11-23(2)14-19-22-18-10-9-16(26(29)30)13-17(18)20(27)25(19)15-7-5-4-6-8-15;1-22-10-11-23(2)18(13-22)21-17-9-8-15(24(26)27)12-16(17)19(25)20-14-6-4-3-5-7-14;16-9-14-17-13-7-6-11(19(21)22)8-12(13)15(20)18(14)10-4-2-1-3-5-10;2*10-4-8-11-7-2-1-5(12(14)15)3-6(7)9(13)16-8;8-6-2-1-4(9(12)13)3-5(6)7(10)11/h4-10,13,28H,11-12,14H2,1-3H3;3-9,12H,10-11,13H2,1-2H3,(H,20,25);1-8H,9H2;2*1-3H,4H2;1-3H,8H2,(H,10,11). The zero-order valence-corrected chi connectivity index (χ0v) is 68.1. The van der Waals surface area contributed by atoms with Crippen LogP contribution >= 0.6 is 34.8 Å². The second-order valence-corrected chi connectivity index (χ2v) is 27.5. The third-order valence-corrected chi connectivity index (χ3v) is 18.8. The molecule has 0 radical (unpaired) electrons. The zero-order valence-electron chi connectivity index (χ0n) is 65.9. The summed E-state index contributed by atoms with van der Waals surface area (Å²) in [5.74, 6) is 0.208. The van der Waals surface area contributed by atoms with Gasteiger partial charge >= 0.3 is 24.3 Å². The van der Waals surface area contributed by atoms with E-state index in [4.69, 9.17) is 54.5 Å². The van der Waals surface area contributed by atoms with Crippen LogP contribution in [-0.4, -0.2) is 174 Å². The molecule has 41 nitrogen and oxygen atoms in total. The van der Waals surface area contributed by atoms with Crippen molar-refractivity contribution in [2.24, 2.45) is 4.99 Å². The van der Waals surface area contributed by atoms with Gasteiger partial charge in [-0.1, -0.05) is 54.6 Å². The number of rotatable bonds is 21. The maximum atomic E-state index is 13.3. The number of amides is 1. The van der Waals surface area contributed by atoms with E-state index in [1.54, 1.807) is 67.5 Å². The van der Waals surface area contributed by atoms with Gasteiger partial charge in [0.05, 0.1) is 132 Å². The Morgan fingerprint density at radius 3 is 1.32 bits per heavy atom. The van der Waals surface area contributed by atoms with E-state index < -0.39 is 59.7 Å². The third kappa shape index (κ3) is 24.1. The van der Waals surface area contributed by atoms with Crippen LogP contribution in [0.25, 0.3) is 55.0 Å². The topological polar surface area (TPSA) is 553 Å². The number of nitrogen functional groups attached to an aromatic ring is 1. The number of likely N-dealkylation sites (N-methyl/N-ethyl adjacent to an activating group) is 4. The number of aliphatic imine (C=N–C) groups is 1. The summed E-state index contributed by atoms with van der Waals surface area (Å²) in [6, 6.07) is 50.1. The summed E-state index contributed by atoms with van der Waals surface area (Å²) in [6.07, 6.45) is 0.